The van der Waals surface area contributed by atoms with Crippen LogP contribution in [-0.2, 0) is 18.3 Å². The number of hydrogen-bond donors (Lipinski definition) is 1. The number of rotatable bonds is 5. The van der Waals surface area contributed by atoms with Gasteiger partial charge in [0.15, 0.2) is 5.65 Å². The van der Waals surface area contributed by atoms with Crippen LogP contribution in [0.3, 0.4) is 0 Å². The van der Waals surface area contributed by atoms with E-state index in [9.17, 15) is 14.7 Å². The fraction of sp³-hybridized carbons (Fsp3) is 0.355. The number of carbonyl (C=O) groups is 2. The van der Waals surface area contributed by atoms with E-state index >= 15 is 4.39 Å². The van der Waals surface area contributed by atoms with E-state index in [1.807, 2.05) is 34.7 Å². The van der Waals surface area contributed by atoms with Gasteiger partial charge < -0.3 is 14.6 Å². The molecule has 39 heavy (non-hydrogen) atoms. The highest BCUT2D eigenvalue weighted by Gasteiger charge is 2.44. The molecule has 0 unspecified atom stereocenters. The van der Waals surface area contributed by atoms with E-state index in [-0.39, 0.29) is 17.9 Å². The highest BCUT2D eigenvalue weighted by atomic mass is 19.1. The smallest absolute Gasteiger partial charge is 0.307 e. The molecular weight excluding hydrogens is 495 g/mol. The Morgan fingerprint density at radius 3 is 2.56 bits per heavy atom. The first-order chi connectivity index (χ1) is 18.8. The predicted molar refractivity (Wildman–Crippen MR) is 144 cm³/mol. The summed E-state index contributed by atoms with van der Waals surface area (Å²) in [5.74, 6) is -1.20. The van der Waals surface area contributed by atoms with E-state index < -0.39 is 17.7 Å². The minimum absolute atomic E-state index is 0.0524. The summed E-state index contributed by atoms with van der Waals surface area (Å²) < 4.78 is 17.2. The fourth-order valence-electron chi connectivity index (χ4n) is 6.28. The van der Waals surface area contributed by atoms with Gasteiger partial charge in [0.05, 0.1) is 23.0 Å². The summed E-state index contributed by atoms with van der Waals surface area (Å²) in [4.78, 5) is 36.4. The normalized spacial score (nSPS) is 22.1. The number of benzene rings is 2. The van der Waals surface area contributed by atoms with Gasteiger partial charge >= 0.3 is 5.97 Å². The maximum atomic E-state index is 15.4. The van der Waals surface area contributed by atoms with Crippen molar-refractivity contribution in [2.45, 2.75) is 50.5 Å². The number of aromatic nitrogens is 3. The zero-order valence-corrected chi connectivity index (χ0v) is 21.9. The molecule has 3 aliphatic rings. The first kappa shape index (κ1) is 24.0. The van der Waals surface area contributed by atoms with Crippen LogP contribution in [0.2, 0.25) is 0 Å². The lowest BCUT2D eigenvalue weighted by atomic mass is 9.93. The standard InChI is InChI=1S/C31H29FN4O3/c1-16-20-6-4-3-5-17(20)11-12-36(16)30(37)26-15-23(18-7-8-18)27-28(33-26)34-29(35(27)2)21-10-9-19(13-25(21)32)22-14-24(22)31(38)39/h3-6,9-10,13,15-16,18,22,24H,7-8,11-12,14H2,1-2H3,(H,38,39)/t16-,22+,24-/m1/s1. The Morgan fingerprint density at radius 2 is 1.85 bits per heavy atom. The molecule has 1 N–H and O–H groups in total. The summed E-state index contributed by atoms with van der Waals surface area (Å²) in [5.41, 5.74) is 6.17. The molecule has 1 aliphatic heterocycles. The number of nitrogens with zero attached hydrogens (tertiary/aromatic N) is 4. The van der Waals surface area contributed by atoms with Gasteiger partial charge in [-0.1, -0.05) is 30.3 Å². The third-order valence-corrected chi connectivity index (χ3v) is 8.73. The van der Waals surface area contributed by atoms with Gasteiger partial charge in [0, 0.05) is 13.6 Å². The first-order valence-electron chi connectivity index (χ1n) is 13.6. The summed E-state index contributed by atoms with van der Waals surface area (Å²) in [6, 6.07) is 15.0. The molecule has 3 atom stereocenters. The molecule has 7 nitrogen and oxygen atoms in total. The van der Waals surface area contributed by atoms with Crippen LogP contribution in [-0.4, -0.2) is 43.0 Å². The lowest BCUT2D eigenvalue weighted by Crippen LogP contribution is -2.39. The van der Waals surface area contributed by atoms with Crippen molar-refractivity contribution >= 4 is 23.0 Å². The molecule has 0 radical (unpaired) electrons. The van der Waals surface area contributed by atoms with E-state index in [1.54, 1.807) is 12.1 Å². The summed E-state index contributed by atoms with van der Waals surface area (Å²) in [6.07, 6.45) is 3.42. The fourth-order valence-corrected chi connectivity index (χ4v) is 6.28. The van der Waals surface area contributed by atoms with Crippen LogP contribution >= 0.6 is 0 Å². The number of aliphatic carboxylic acids is 1. The number of pyridine rings is 1. The zero-order chi connectivity index (χ0) is 27.0. The SMILES string of the molecule is C[C@@H]1c2ccccc2CCN1C(=O)c1cc(C2CC2)c2c(n1)nc(-c1ccc([C@@H]3C[C@H]3C(=O)O)cc1F)n2C. The monoisotopic (exact) mass is 524 g/mol. The number of carboxylic acids is 1. The van der Waals surface area contributed by atoms with Crippen LogP contribution in [0, 0.1) is 11.7 Å². The molecule has 4 aromatic rings. The summed E-state index contributed by atoms with van der Waals surface area (Å²) >= 11 is 0. The van der Waals surface area contributed by atoms with Crippen LogP contribution in [0.25, 0.3) is 22.6 Å². The second-order valence-corrected chi connectivity index (χ2v) is 11.2. The van der Waals surface area contributed by atoms with Crippen molar-refractivity contribution in [2.75, 3.05) is 6.54 Å². The number of halogens is 1. The minimum atomic E-state index is -0.841. The Morgan fingerprint density at radius 1 is 1.05 bits per heavy atom. The highest BCUT2D eigenvalue weighted by Crippen LogP contribution is 2.48. The molecule has 3 heterocycles. The largest absolute Gasteiger partial charge is 0.481 e. The van der Waals surface area contributed by atoms with Crippen LogP contribution in [0.1, 0.15) is 76.8 Å². The van der Waals surface area contributed by atoms with Gasteiger partial charge in [-0.2, -0.15) is 0 Å². The summed E-state index contributed by atoms with van der Waals surface area (Å²) in [6.45, 7) is 2.69. The summed E-state index contributed by atoms with van der Waals surface area (Å²) in [5, 5.41) is 9.24. The minimum Gasteiger partial charge on any atom is -0.481 e. The molecule has 2 saturated carbocycles. The maximum Gasteiger partial charge on any atom is 0.307 e. The van der Waals surface area contributed by atoms with E-state index in [2.05, 4.69) is 19.1 Å². The predicted octanol–water partition coefficient (Wildman–Crippen LogP) is 5.60. The number of carboxylic acid groups (broad SMARTS) is 1. The van der Waals surface area contributed by atoms with E-state index in [1.165, 1.54) is 17.2 Å². The highest BCUT2D eigenvalue weighted by molar-refractivity contribution is 5.96. The number of amides is 1. The first-order valence-corrected chi connectivity index (χ1v) is 13.6. The van der Waals surface area contributed by atoms with Crippen LogP contribution in [0.5, 0.6) is 0 Å². The van der Waals surface area contributed by atoms with Crippen LogP contribution < -0.4 is 0 Å². The molecule has 2 fully saturated rings. The molecule has 1 amide bonds. The summed E-state index contributed by atoms with van der Waals surface area (Å²) in [7, 11) is 1.86. The Hall–Kier alpha value is -4.07. The van der Waals surface area contributed by atoms with Crippen molar-refractivity contribution < 1.29 is 19.1 Å². The van der Waals surface area contributed by atoms with E-state index in [0.717, 1.165) is 30.3 Å². The number of imidazole rings is 1. The van der Waals surface area contributed by atoms with Crippen molar-refractivity contribution in [3.8, 4) is 11.4 Å². The third-order valence-electron chi connectivity index (χ3n) is 8.73. The Kier molecular flexibility index (Phi) is 5.37. The topological polar surface area (TPSA) is 88.3 Å². The average Bonchev–Trinajstić information content (AvgIpc) is 3.85. The maximum absolute atomic E-state index is 15.4. The van der Waals surface area contributed by atoms with Gasteiger partial charge in [0.2, 0.25) is 0 Å². The van der Waals surface area contributed by atoms with Crippen molar-refractivity contribution in [3.05, 3.63) is 82.3 Å². The number of hydrogen-bond acceptors (Lipinski definition) is 4. The van der Waals surface area contributed by atoms with Crippen LogP contribution in [0.4, 0.5) is 4.39 Å². The van der Waals surface area contributed by atoms with Gasteiger partial charge in [-0.05, 0) is 84.9 Å². The second kappa shape index (κ2) is 8.73. The van der Waals surface area contributed by atoms with Crippen molar-refractivity contribution in [3.63, 3.8) is 0 Å². The van der Waals surface area contributed by atoms with Crippen molar-refractivity contribution in [2.24, 2.45) is 13.0 Å². The molecule has 0 spiro atoms. The lowest BCUT2D eigenvalue weighted by molar-refractivity contribution is -0.138. The quantitative estimate of drug-likeness (QED) is 0.367. The van der Waals surface area contributed by atoms with Gasteiger partial charge in [-0.25, -0.2) is 14.4 Å². The number of aryl methyl sites for hydroxylation is 1. The number of fused-ring (bicyclic) bond motifs is 2. The van der Waals surface area contributed by atoms with Gasteiger partial charge in [0.25, 0.3) is 5.91 Å². The van der Waals surface area contributed by atoms with E-state index in [4.69, 9.17) is 9.97 Å². The van der Waals surface area contributed by atoms with Gasteiger partial charge in [0.1, 0.15) is 17.3 Å². The second-order valence-electron chi connectivity index (χ2n) is 11.2. The van der Waals surface area contributed by atoms with Crippen molar-refractivity contribution in [1.82, 2.24) is 19.4 Å². The third kappa shape index (κ3) is 3.92. The molecular formula is C31H29FN4O3. The zero-order valence-electron chi connectivity index (χ0n) is 21.9. The molecule has 0 bridgehead atoms. The van der Waals surface area contributed by atoms with Crippen molar-refractivity contribution in [1.29, 1.82) is 0 Å². The Labute approximate surface area is 225 Å². The molecule has 7 rings (SSSR count). The van der Waals surface area contributed by atoms with Gasteiger partial charge in [-0.15, -0.1) is 0 Å². The molecule has 2 aromatic carbocycles. The van der Waals surface area contributed by atoms with E-state index in [0.29, 0.717) is 47.2 Å². The molecule has 198 valence electrons. The average molecular weight is 525 g/mol. The number of carbonyl (C=O) groups excluding carboxylic acids is 1. The van der Waals surface area contributed by atoms with Gasteiger partial charge in [-0.3, -0.25) is 9.59 Å². The Balaban J connectivity index is 1.26. The van der Waals surface area contributed by atoms with Crippen LogP contribution in [0.15, 0.2) is 48.5 Å². The molecule has 2 aliphatic carbocycles. The molecule has 0 saturated heterocycles. The lowest BCUT2D eigenvalue weighted by Gasteiger charge is -2.35. The molecule has 2 aromatic heterocycles. The molecule has 8 heteroatoms. The Bertz CT molecular complexity index is 1670.